The molecular weight excluding hydrogens is 259 g/mol. The number of carbonyl (C=O) groups excluding carboxylic acids is 1. The van der Waals surface area contributed by atoms with Crippen molar-refractivity contribution in [3.63, 3.8) is 0 Å². The molecule has 1 aromatic rings. The number of methoxy groups -OCH3 is 1. The van der Waals surface area contributed by atoms with Gasteiger partial charge >= 0.3 is 0 Å². The van der Waals surface area contributed by atoms with Crippen molar-refractivity contribution in [2.24, 2.45) is 11.1 Å². The zero-order chi connectivity index (χ0) is 15.3. The Hall–Kier alpha value is -1.62. The third-order valence-electron chi connectivity index (χ3n) is 3.35. The first-order valence-electron chi connectivity index (χ1n) is 6.67. The summed E-state index contributed by atoms with van der Waals surface area (Å²) in [5.41, 5.74) is 5.75. The van der Waals surface area contributed by atoms with Gasteiger partial charge in [0.2, 0.25) is 5.91 Å². The molecule has 0 spiro atoms. The molecule has 0 heterocycles. The summed E-state index contributed by atoms with van der Waals surface area (Å²) in [4.78, 5) is 14.0. The van der Waals surface area contributed by atoms with E-state index in [4.69, 9.17) is 10.5 Å². The molecule has 4 nitrogen and oxygen atoms in total. The maximum Gasteiger partial charge on any atom is 0.229 e. The fraction of sp³-hybridized carbons (Fsp3) is 0.533. The number of benzene rings is 1. The van der Waals surface area contributed by atoms with Crippen molar-refractivity contribution in [1.82, 2.24) is 4.90 Å². The molecule has 0 aliphatic rings. The van der Waals surface area contributed by atoms with Crippen LogP contribution in [0, 0.1) is 11.2 Å². The summed E-state index contributed by atoms with van der Waals surface area (Å²) in [6, 6.07) is 4.72. The van der Waals surface area contributed by atoms with Crippen molar-refractivity contribution in [2.45, 2.75) is 27.3 Å². The van der Waals surface area contributed by atoms with E-state index in [9.17, 15) is 9.18 Å². The average molecular weight is 282 g/mol. The Kier molecular flexibility index (Phi) is 5.51. The van der Waals surface area contributed by atoms with E-state index in [2.05, 4.69) is 0 Å². The lowest BCUT2D eigenvalue weighted by atomic mass is 9.91. The fourth-order valence-corrected chi connectivity index (χ4v) is 1.87. The van der Waals surface area contributed by atoms with Crippen LogP contribution in [-0.4, -0.2) is 31.0 Å². The topological polar surface area (TPSA) is 55.6 Å². The molecular formula is C15H23FN2O2. The summed E-state index contributed by atoms with van der Waals surface area (Å²) in [6.07, 6.45) is 0. The van der Waals surface area contributed by atoms with Gasteiger partial charge in [-0.2, -0.15) is 0 Å². The lowest BCUT2D eigenvalue weighted by Gasteiger charge is -2.30. The van der Waals surface area contributed by atoms with E-state index in [1.165, 1.54) is 13.2 Å². The summed E-state index contributed by atoms with van der Waals surface area (Å²) in [6.45, 7) is 6.71. The molecule has 0 aliphatic heterocycles. The molecule has 1 aromatic carbocycles. The SMILES string of the molecule is CCN(Cc1ccc(OC)c(F)c1)C(=O)C(C)(C)CN. The van der Waals surface area contributed by atoms with Crippen LogP contribution in [0.5, 0.6) is 5.75 Å². The van der Waals surface area contributed by atoms with E-state index < -0.39 is 11.2 Å². The highest BCUT2D eigenvalue weighted by Gasteiger charge is 2.30. The van der Waals surface area contributed by atoms with Crippen molar-refractivity contribution < 1.29 is 13.9 Å². The third kappa shape index (κ3) is 3.70. The lowest BCUT2D eigenvalue weighted by Crippen LogP contribution is -2.44. The van der Waals surface area contributed by atoms with Gasteiger partial charge in [-0.1, -0.05) is 6.07 Å². The number of hydrogen-bond donors (Lipinski definition) is 1. The van der Waals surface area contributed by atoms with E-state index in [0.29, 0.717) is 13.1 Å². The molecule has 0 aliphatic carbocycles. The highest BCUT2D eigenvalue weighted by molar-refractivity contribution is 5.82. The highest BCUT2D eigenvalue weighted by atomic mass is 19.1. The fourth-order valence-electron chi connectivity index (χ4n) is 1.87. The maximum absolute atomic E-state index is 13.7. The predicted octanol–water partition coefficient (Wildman–Crippen LogP) is 2.17. The van der Waals surface area contributed by atoms with Gasteiger partial charge in [-0.25, -0.2) is 4.39 Å². The third-order valence-corrected chi connectivity index (χ3v) is 3.35. The van der Waals surface area contributed by atoms with E-state index >= 15 is 0 Å². The molecule has 0 radical (unpaired) electrons. The molecule has 0 saturated heterocycles. The first-order valence-corrected chi connectivity index (χ1v) is 6.67. The van der Waals surface area contributed by atoms with E-state index in [-0.39, 0.29) is 18.2 Å². The molecule has 20 heavy (non-hydrogen) atoms. The van der Waals surface area contributed by atoms with Crippen molar-refractivity contribution >= 4 is 5.91 Å². The second kappa shape index (κ2) is 6.70. The molecule has 1 amide bonds. The Morgan fingerprint density at radius 2 is 2.10 bits per heavy atom. The van der Waals surface area contributed by atoms with Crippen LogP contribution in [0.15, 0.2) is 18.2 Å². The first kappa shape index (κ1) is 16.4. The quantitative estimate of drug-likeness (QED) is 0.870. The van der Waals surface area contributed by atoms with Crippen LogP contribution in [-0.2, 0) is 11.3 Å². The zero-order valence-electron chi connectivity index (χ0n) is 12.6. The molecule has 0 aromatic heterocycles. The number of amides is 1. The normalized spacial score (nSPS) is 11.3. The number of hydrogen-bond acceptors (Lipinski definition) is 3. The summed E-state index contributed by atoms with van der Waals surface area (Å²) in [5.74, 6) is -0.254. The minimum absolute atomic E-state index is 0.0290. The Morgan fingerprint density at radius 1 is 1.45 bits per heavy atom. The monoisotopic (exact) mass is 282 g/mol. The maximum atomic E-state index is 13.7. The predicted molar refractivity (Wildman–Crippen MR) is 76.9 cm³/mol. The molecule has 2 N–H and O–H groups in total. The summed E-state index contributed by atoms with van der Waals surface area (Å²) in [7, 11) is 1.42. The molecule has 0 saturated carbocycles. The summed E-state index contributed by atoms with van der Waals surface area (Å²) in [5, 5.41) is 0. The van der Waals surface area contributed by atoms with Gasteiger partial charge in [0.15, 0.2) is 11.6 Å². The molecule has 0 fully saturated rings. The molecule has 0 unspecified atom stereocenters. The minimum Gasteiger partial charge on any atom is -0.494 e. The van der Waals surface area contributed by atoms with Crippen LogP contribution in [0.1, 0.15) is 26.3 Å². The first-order chi connectivity index (χ1) is 9.35. The van der Waals surface area contributed by atoms with Crippen LogP contribution in [0.3, 0.4) is 0 Å². The van der Waals surface area contributed by atoms with Crippen LogP contribution < -0.4 is 10.5 Å². The van der Waals surface area contributed by atoms with Gasteiger partial charge in [0.25, 0.3) is 0 Å². The molecule has 112 valence electrons. The number of ether oxygens (including phenoxy) is 1. The second-order valence-corrected chi connectivity index (χ2v) is 5.38. The smallest absolute Gasteiger partial charge is 0.229 e. The van der Waals surface area contributed by atoms with Gasteiger partial charge < -0.3 is 15.4 Å². The summed E-state index contributed by atoms with van der Waals surface area (Å²) < 4.78 is 18.5. The minimum atomic E-state index is -0.610. The van der Waals surface area contributed by atoms with Crippen molar-refractivity contribution in [3.05, 3.63) is 29.6 Å². The average Bonchev–Trinajstić information content (AvgIpc) is 2.44. The van der Waals surface area contributed by atoms with Gasteiger partial charge in [0, 0.05) is 19.6 Å². The standard InChI is InChI=1S/C15H23FN2O2/c1-5-18(14(19)15(2,3)10-17)9-11-6-7-13(20-4)12(16)8-11/h6-8H,5,9-10,17H2,1-4H3. The van der Waals surface area contributed by atoms with Gasteiger partial charge in [-0.05, 0) is 38.5 Å². The van der Waals surface area contributed by atoms with Gasteiger partial charge in [-0.3, -0.25) is 4.79 Å². The Bertz CT molecular complexity index is 475. The Labute approximate surface area is 119 Å². The largest absolute Gasteiger partial charge is 0.494 e. The van der Waals surface area contributed by atoms with Crippen molar-refractivity contribution in [3.8, 4) is 5.75 Å². The Balaban J connectivity index is 2.89. The molecule has 1 rings (SSSR count). The number of carbonyl (C=O) groups is 1. The number of halogens is 1. The van der Waals surface area contributed by atoms with Gasteiger partial charge in [-0.15, -0.1) is 0 Å². The van der Waals surface area contributed by atoms with Gasteiger partial charge in [0.05, 0.1) is 12.5 Å². The van der Waals surface area contributed by atoms with Crippen LogP contribution >= 0.6 is 0 Å². The second-order valence-electron chi connectivity index (χ2n) is 5.38. The van der Waals surface area contributed by atoms with Crippen molar-refractivity contribution in [1.29, 1.82) is 0 Å². The Morgan fingerprint density at radius 3 is 2.55 bits per heavy atom. The number of rotatable bonds is 6. The van der Waals surface area contributed by atoms with Crippen LogP contribution in [0.25, 0.3) is 0 Å². The van der Waals surface area contributed by atoms with Crippen LogP contribution in [0.2, 0.25) is 0 Å². The number of nitrogens with zero attached hydrogens (tertiary/aromatic N) is 1. The van der Waals surface area contributed by atoms with E-state index in [0.717, 1.165) is 5.56 Å². The van der Waals surface area contributed by atoms with Crippen LogP contribution in [0.4, 0.5) is 4.39 Å². The lowest BCUT2D eigenvalue weighted by molar-refractivity contribution is -0.140. The molecule has 0 atom stereocenters. The van der Waals surface area contributed by atoms with Gasteiger partial charge in [0.1, 0.15) is 0 Å². The molecule has 0 bridgehead atoms. The number of nitrogens with two attached hydrogens (primary N) is 1. The van der Waals surface area contributed by atoms with E-state index in [1.807, 2.05) is 20.8 Å². The molecule has 5 heteroatoms. The zero-order valence-corrected chi connectivity index (χ0v) is 12.6. The highest BCUT2D eigenvalue weighted by Crippen LogP contribution is 2.21. The summed E-state index contributed by atoms with van der Waals surface area (Å²) >= 11 is 0. The van der Waals surface area contributed by atoms with Crippen molar-refractivity contribution in [2.75, 3.05) is 20.2 Å². The van der Waals surface area contributed by atoms with E-state index in [1.54, 1.807) is 17.0 Å².